The Morgan fingerprint density at radius 3 is 2.62 bits per heavy atom. The van der Waals surface area contributed by atoms with Crippen molar-refractivity contribution < 1.29 is 9.22 Å². The highest BCUT2D eigenvalue weighted by Gasteiger charge is 2.34. The summed E-state index contributed by atoms with van der Waals surface area (Å²) in [6, 6.07) is 16.1. The molecule has 108 valence electrons. The fourth-order valence-electron chi connectivity index (χ4n) is 2.18. The van der Waals surface area contributed by atoms with E-state index in [0.717, 1.165) is 16.3 Å². The zero-order chi connectivity index (χ0) is 15.5. The average Bonchev–Trinajstić information content (AvgIpc) is 2.46. The van der Waals surface area contributed by atoms with Gasteiger partial charge in [-0.15, -0.1) is 0 Å². The molecule has 4 heteroatoms. The van der Waals surface area contributed by atoms with Crippen LogP contribution in [0.4, 0.5) is 0 Å². The van der Waals surface area contributed by atoms with Crippen molar-refractivity contribution in [3.8, 4) is 6.07 Å². The lowest BCUT2D eigenvalue weighted by molar-refractivity contribution is -0.134. The molecule has 0 amide bonds. The third kappa shape index (κ3) is 3.50. The van der Waals surface area contributed by atoms with Gasteiger partial charge >= 0.3 is 0 Å². The van der Waals surface area contributed by atoms with Crippen LogP contribution >= 0.6 is 0 Å². The van der Waals surface area contributed by atoms with Gasteiger partial charge in [-0.3, -0.25) is 4.79 Å². The Hall–Kier alpha value is -2.12. The maximum absolute atomic E-state index is 12.2. The fraction of sp³-hybridized carbons (Fsp3) is 0.294. The van der Waals surface area contributed by atoms with Crippen molar-refractivity contribution in [1.29, 1.82) is 5.26 Å². The van der Waals surface area contributed by atoms with Gasteiger partial charge in [0.05, 0.1) is 18.0 Å². The van der Waals surface area contributed by atoms with E-state index in [1.54, 1.807) is 0 Å². The van der Waals surface area contributed by atoms with Crippen molar-refractivity contribution in [3.05, 3.63) is 48.0 Å². The lowest BCUT2D eigenvalue weighted by Gasteiger charge is -2.24. The van der Waals surface area contributed by atoms with Gasteiger partial charge in [-0.2, -0.15) is 5.26 Å². The Morgan fingerprint density at radius 1 is 1.24 bits per heavy atom. The molecular formula is C17H19NO2Si. The highest BCUT2D eigenvalue weighted by Crippen LogP contribution is 2.23. The number of hydrogen-bond donors (Lipinski definition) is 0. The van der Waals surface area contributed by atoms with Crippen molar-refractivity contribution in [2.24, 2.45) is 0 Å². The summed E-state index contributed by atoms with van der Waals surface area (Å²) < 4.78 is 5.62. The Balaban J connectivity index is 2.18. The molecule has 0 aliphatic carbocycles. The molecule has 21 heavy (non-hydrogen) atoms. The second-order valence-electron chi connectivity index (χ2n) is 5.74. The minimum Gasteiger partial charge on any atom is -0.518 e. The first-order valence-corrected chi connectivity index (χ1v) is 10.0. The van der Waals surface area contributed by atoms with E-state index in [1.165, 1.54) is 0 Å². The Kier molecular flexibility index (Phi) is 4.44. The van der Waals surface area contributed by atoms with Gasteiger partial charge in [0, 0.05) is 0 Å². The highest BCUT2D eigenvalue weighted by atomic mass is 28.4. The van der Waals surface area contributed by atoms with Gasteiger partial charge < -0.3 is 4.43 Å². The second-order valence-corrected chi connectivity index (χ2v) is 10.0. The van der Waals surface area contributed by atoms with E-state index in [9.17, 15) is 4.79 Å². The molecule has 0 fully saturated rings. The smallest absolute Gasteiger partial charge is 0.297 e. The number of rotatable bonds is 4. The SMILES string of the molecule is CC(C#N)[Si](C)(C)OC(=O)Cc1cccc2ccccc12. The van der Waals surface area contributed by atoms with Gasteiger partial charge in [0.15, 0.2) is 0 Å². The number of nitriles is 1. The molecule has 1 unspecified atom stereocenters. The summed E-state index contributed by atoms with van der Waals surface area (Å²) >= 11 is 0. The molecule has 0 N–H and O–H groups in total. The normalized spacial score (nSPS) is 12.7. The molecule has 0 bridgehead atoms. The molecule has 2 rings (SSSR count). The number of carbonyl (C=O) groups excluding carboxylic acids is 1. The third-order valence-corrected chi connectivity index (χ3v) is 6.80. The molecule has 0 radical (unpaired) electrons. The summed E-state index contributed by atoms with van der Waals surface area (Å²) in [5.74, 6) is -0.245. The van der Waals surface area contributed by atoms with Gasteiger partial charge in [-0.05, 0) is 36.4 Å². The van der Waals surface area contributed by atoms with E-state index in [0.29, 0.717) is 0 Å². The third-order valence-electron chi connectivity index (χ3n) is 3.83. The zero-order valence-corrected chi connectivity index (χ0v) is 13.6. The number of benzene rings is 2. The Bertz CT molecular complexity index is 698. The molecular weight excluding hydrogens is 278 g/mol. The standard InChI is InChI=1S/C17H19NO2Si/c1-13(12-18)21(2,3)20-17(19)11-15-9-6-8-14-7-4-5-10-16(14)15/h4-10,13H,11H2,1-3H3. The van der Waals surface area contributed by atoms with E-state index >= 15 is 0 Å². The van der Waals surface area contributed by atoms with Gasteiger partial charge in [0.1, 0.15) is 0 Å². The number of hydrogen-bond acceptors (Lipinski definition) is 3. The zero-order valence-electron chi connectivity index (χ0n) is 12.6. The van der Waals surface area contributed by atoms with Crippen molar-refractivity contribution in [2.75, 3.05) is 0 Å². The molecule has 2 aromatic carbocycles. The first-order valence-electron chi connectivity index (χ1n) is 7.02. The van der Waals surface area contributed by atoms with E-state index < -0.39 is 8.32 Å². The van der Waals surface area contributed by atoms with Crippen LogP contribution in [0, 0.1) is 11.3 Å². The lowest BCUT2D eigenvalue weighted by atomic mass is 10.0. The maximum atomic E-state index is 12.2. The first kappa shape index (κ1) is 15.3. The molecule has 0 saturated carbocycles. The van der Waals surface area contributed by atoms with Crippen LogP contribution in [0.25, 0.3) is 10.8 Å². The van der Waals surface area contributed by atoms with Crippen LogP contribution in [0.5, 0.6) is 0 Å². The molecule has 1 atom stereocenters. The summed E-state index contributed by atoms with van der Waals surface area (Å²) in [5.41, 5.74) is 0.751. The van der Waals surface area contributed by atoms with Crippen LogP contribution in [0.15, 0.2) is 42.5 Å². The molecule has 0 aliphatic heterocycles. The van der Waals surface area contributed by atoms with Gasteiger partial charge in [-0.25, -0.2) is 0 Å². The minimum absolute atomic E-state index is 0.214. The van der Waals surface area contributed by atoms with Crippen LogP contribution in [-0.4, -0.2) is 14.3 Å². The Morgan fingerprint density at radius 2 is 1.90 bits per heavy atom. The predicted molar refractivity (Wildman–Crippen MR) is 86.3 cm³/mol. The topological polar surface area (TPSA) is 50.1 Å². The maximum Gasteiger partial charge on any atom is 0.297 e. The second kappa shape index (κ2) is 6.11. The fourth-order valence-corrected chi connectivity index (χ4v) is 3.32. The molecule has 0 aliphatic rings. The van der Waals surface area contributed by atoms with Crippen molar-refractivity contribution in [2.45, 2.75) is 32.0 Å². The average molecular weight is 297 g/mol. The summed E-state index contributed by atoms with van der Waals surface area (Å²) in [6.45, 7) is 5.63. The van der Waals surface area contributed by atoms with Crippen LogP contribution < -0.4 is 0 Å². The summed E-state index contributed by atoms with van der Waals surface area (Å²) in [6.07, 6.45) is 0.246. The van der Waals surface area contributed by atoms with Crippen LogP contribution in [0.3, 0.4) is 0 Å². The van der Waals surface area contributed by atoms with E-state index in [2.05, 4.69) is 6.07 Å². The first-order chi connectivity index (χ1) is 9.94. The summed E-state index contributed by atoms with van der Waals surface area (Å²) in [4.78, 5) is 12.2. The number of nitrogens with zero attached hydrogens (tertiary/aromatic N) is 1. The largest absolute Gasteiger partial charge is 0.518 e. The quantitative estimate of drug-likeness (QED) is 0.800. The van der Waals surface area contributed by atoms with E-state index in [-0.39, 0.29) is 17.9 Å². The number of fused-ring (bicyclic) bond motifs is 1. The number of carbonyl (C=O) groups is 1. The predicted octanol–water partition coefficient (Wildman–Crippen LogP) is 4.04. The molecule has 0 saturated heterocycles. The van der Waals surface area contributed by atoms with Gasteiger partial charge in [0.2, 0.25) is 0 Å². The van der Waals surface area contributed by atoms with Crippen molar-refractivity contribution in [1.82, 2.24) is 0 Å². The van der Waals surface area contributed by atoms with Crippen LogP contribution in [0.2, 0.25) is 18.6 Å². The Labute approximate surface area is 126 Å². The van der Waals surface area contributed by atoms with Gasteiger partial charge in [0.25, 0.3) is 14.3 Å². The summed E-state index contributed by atoms with van der Waals surface area (Å²) in [5, 5.41) is 11.2. The van der Waals surface area contributed by atoms with Crippen molar-refractivity contribution in [3.63, 3.8) is 0 Å². The van der Waals surface area contributed by atoms with Crippen LogP contribution in [0.1, 0.15) is 12.5 Å². The summed E-state index contributed by atoms with van der Waals surface area (Å²) in [7, 11) is -2.30. The molecule has 2 aromatic rings. The van der Waals surface area contributed by atoms with Crippen molar-refractivity contribution >= 4 is 25.1 Å². The lowest BCUT2D eigenvalue weighted by Crippen LogP contribution is -2.37. The van der Waals surface area contributed by atoms with E-state index in [1.807, 2.05) is 62.5 Å². The molecule has 3 nitrogen and oxygen atoms in total. The minimum atomic E-state index is -2.30. The molecule has 0 heterocycles. The van der Waals surface area contributed by atoms with Crippen LogP contribution in [-0.2, 0) is 15.6 Å². The van der Waals surface area contributed by atoms with Gasteiger partial charge in [-0.1, -0.05) is 42.5 Å². The van der Waals surface area contributed by atoms with E-state index in [4.69, 9.17) is 9.69 Å². The molecule has 0 aromatic heterocycles. The monoisotopic (exact) mass is 297 g/mol. The highest BCUT2D eigenvalue weighted by molar-refractivity contribution is 6.74. The molecule has 0 spiro atoms.